The van der Waals surface area contributed by atoms with E-state index in [9.17, 15) is 14.7 Å². The van der Waals surface area contributed by atoms with Gasteiger partial charge in [0.15, 0.2) is 0 Å². The Bertz CT molecular complexity index is 2090. The SMILES string of the molecule is CC[C@H]1CN(C)[C@H]2Cc3c([nH]c4ccccc34)[C@@H](c3c(OC)ccc4c5c([nH]c34)[C@]3(C(=O)OC)C[C@H]4C[C@H](CC)[C@@H]3N(CC5)[C@H]4O)C[C@@H]1[C@@H]2C(=O)OC. The van der Waals surface area contributed by atoms with Crippen molar-refractivity contribution in [3.63, 3.8) is 0 Å². The summed E-state index contributed by atoms with van der Waals surface area (Å²) < 4.78 is 17.6. The van der Waals surface area contributed by atoms with Crippen molar-refractivity contribution in [3.05, 3.63) is 64.5 Å². The van der Waals surface area contributed by atoms with E-state index in [4.69, 9.17) is 14.2 Å². The molecule has 0 radical (unpaired) electrons. The van der Waals surface area contributed by atoms with Crippen molar-refractivity contribution in [1.82, 2.24) is 19.8 Å². The number of para-hydroxylation sites is 1. The molecular formula is C43H54N4O6. The lowest BCUT2D eigenvalue weighted by Gasteiger charge is -2.59. The van der Waals surface area contributed by atoms with Gasteiger partial charge in [0.1, 0.15) is 17.4 Å². The van der Waals surface area contributed by atoms with Gasteiger partial charge in [-0.1, -0.05) is 44.9 Å². The van der Waals surface area contributed by atoms with Gasteiger partial charge in [0, 0.05) is 70.2 Å². The Morgan fingerprint density at radius 1 is 0.962 bits per heavy atom. The van der Waals surface area contributed by atoms with Gasteiger partial charge < -0.3 is 34.2 Å². The monoisotopic (exact) mass is 722 g/mol. The van der Waals surface area contributed by atoms with Crippen molar-refractivity contribution in [2.75, 3.05) is 41.5 Å². The van der Waals surface area contributed by atoms with Crippen molar-refractivity contribution < 1.29 is 28.9 Å². The number of fused-ring (bicyclic) bond motifs is 9. The number of rotatable bonds is 6. The Morgan fingerprint density at radius 3 is 2.49 bits per heavy atom. The highest BCUT2D eigenvalue weighted by molar-refractivity contribution is 5.95. The van der Waals surface area contributed by atoms with E-state index in [1.54, 1.807) is 7.11 Å². The van der Waals surface area contributed by atoms with E-state index in [2.05, 4.69) is 77.1 Å². The predicted octanol–water partition coefficient (Wildman–Crippen LogP) is 5.89. The number of nitrogens with one attached hydrogen (secondary N) is 2. The fourth-order valence-electron chi connectivity index (χ4n) is 12.5. The molecule has 2 aromatic heterocycles. The van der Waals surface area contributed by atoms with Crippen LogP contribution in [-0.2, 0) is 37.3 Å². The molecule has 10 nitrogen and oxygen atoms in total. The minimum atomic E-state index is -0.926. The summed E-state index contributed by atoms with van der Waals surface area (Å²) in [5, 5.41) is 13.8. The molecule has 11 atom stereocenters. The standard InChI is InChI=1S/C43H54N4O6/c1-7-22-17-24-20-43(42(50)53-6)38-27(15-16-47(39(22)43)40(24)48)26-13-14-33(51-4)35(37(26)45-38)30-18-28-23(8-2)21-46(3)32(34(28)41(49)52-5)19-29-25-11-9-10-12-31(25)44-36(29)30/h9-14,22-24,28,30,32,34,39-40,44-45,48H,7-8,15-21H2,1-6H3/t22-,23-,24+,28-,30+,32-,34-,39-,40-,43+/m0/s1. The van der Waals surface area contributed by atoms with E-state index in [0.29, 0.717) is 25.3 Å². The van der Waals surface area contributed by atoms with Crippen LogP contribution in [-0.4, -0.2) is 96.6 Å². The highest BCUT2D eigenvalue weighted by Crippen LogP contribution is 2.58. The minimum absolute atomic E-state index is 0.0137. The zero-order chi connectivity index (χ0) is 36.9. The maximum atomic E-state index is 14.4. The first kappa shape index (κ1) is 34.9. The second kappa shape index (κ2) is 12.9. The number of aliphatic hydroxyl groups is 1. The fraction of sp³-hybridized carbons (Fsp3) is 0.581. The van der Waals surface area contributed by atoms with Crippen LogP contribution < -0.4 is 4.74 Å². The normalized spacial score (nSPS) is 34.8. The van der Waals surface area contributed by atoms with Crippen molar-refractivity contribution in [2.24, 2.45) is 29.6 Å². The molecule has 3 saturated heterocycles. The van der Waals surface area contributed by atoms with E-state index in [1.807, 2.05) is 0 Å². The van der Waals surface area contributed by atoms with Crippen LogP contribution in [0.2, 0.25) is 0 Å². The van der Waals surface area contributed by atoms with Crippen molar-refractivity contribution in [3.8, 4) is 5.75 Å². The Balaban J connectivity index is 1.31. The Kier molecular flexibility index (Phi) is 8.48. The highest BCUT2D eigenvalue weighted by atomic mass is 16.5. The molecule has 6 aliphatic rings. The molecule has 282 valence electrons. The molecule has 6 bridgehead atoms. The number of piperidine rings is 3. The summed E-state index contributed by atoms with van der Waals surface area (Å²) >= 11 is 0. The van der Waals surface area contributed by atoms with Crippen molar-refractivity contribution in [1.29, 1.82) is 0 Å². The van der Waals surface area contributed by atoms with Gasteiger partial charge >= 0.3 is 11.9 Å². The van der Waals surface area contributed by atoms with Gasteiger partial charge in [-0.25, -0.2) is 0 Å². The van der Waals surface area contributed by atoms with Crippen LogP contribution in [0.25, 0.3) is 21.8 Å². The Labute approximate surface area is 311 Å². The van der Waals surface area contributed by atoms with Crippen LogP contribution in [0.3, 0.4) is 0 Å². The number of hydrogen-bond acceptors (Lipinski definition) is 8. The Hall–Kier alpha value is -3.86. The average Bonchev–Trinajstić information content (AvgIpc) is 3.70. The largest absolute Gasteiger partial charge is 0.496 e. The second-order valence-electron chi connectivity index (χ2n) is 16.7. The number of nitrogens with zero attached hydrogens (tertiary/aromatic N) is 2. The second-order valence-corrected chi connectivity index (χ2v) is 16.7. The maximum absolute atomic E-state index is 14.4. The molecule has 53 heavy (non-hydrogen) atoms. The molecular weight excluding hydrogens is 668 g/mol. The quantitative estimate of drug-likeness (QED) is 0.211. The summed E-state index contributed by atoms with van der Waals surface area (Å²) in [6.07, 6.45) is 4.97. The summed E-state index contributed by atoms with van der Waals surface area (Å²) in [6.45, 7) is 6.04. The number of aliphatic hydroxyl groups excluding tert-OH is 1. The van der Waals surface area contributed by atoms with Crippen LogP contribution >= 0.6 is 0 Å². The molecule has 1 unspecified atom stereocenters. The number of aromatic nitrogens is 2. The third kappa shape index (κ3) is 4.80. The van der Waals surface area contributed by atoms with E-state index < -0.39 is 11.6 Å². The van der Waals surface area contributed by atoms with Gasteiger partial charge in [0.2, 0.25) is 0 Å². The molecule has 1 saturated carbocycles. The zero-order valence-electron chi connectivity index (χ0n) is 31.9. The van der Waals surface area contributed by atoms with Crippen LogP contribution in [0.15, 0.2) is 36.4 Å². The molecule has 2 aromatic carbocycles. The summed E-state index contributed by atoms with van der Waals surface area (Å²) in [7, 11) is 6.94. The molecule has 10 rings (SSSR count). The first-order valence-corrected chi connectivity index (χ1v) is 19.8. The molecule has 6 heterocycles. The number of hydrogen-bond donors (Lipinski definition) is 3. The van der Waals surface area contributed by atoms with Crippen LogP contribution in [0.1, 0.15) is 79.9 Å². The number of esters is 2. The zero-order valence-corrected chi connectivity index (χ0v) is 31.9. The molecule has 0 amide bonds. The first-order valence-electron chi connectivity index (χ1n) is 19.8. The van der Waals surface area contributed by atoms with Crippen LogP contribution in [0.5, 0.6) is 5.75 Å². The number of carbonyl (C=O) groups is 2. The van der Waals surface area contributed by atoms with Crippen LogP contribution in [0, 0.1) is 29.6 Å². The number of likely N-dealkylation sites (N-methyl/N-ethyl adjacent to an activating group) is 1. The average molecular weight is 723 g/mol. The van der Waals surface area contributed by atoms with E-state index in [1.165, 1.54) is 30.9 Å². The number of methoxy groups -OCH3 is 3. The maximum Gasteiger partial charge on any atom is 0.319 e. The van der Waals surface area contributed by atoms with Gasteiger partial charge in [-0.2, -0.15) is 0 Å². The first-order chi connectivity index (χ1) is 25.7. The van der Waals surface area contributed by atoms with Gasteiger partial charge in [0.25, 0.3) is 0 Å². The number of ether oxygens (including phenoxy) is 3. The molecule has 4 aliphatic heterocycles. The number of H-pyrrole nitrogens is 2. The predicted molar refractivity (Wildman–Crippen MR) is 203 cm³/mol. The smallest absolute Gasteiger partial charge is 0.319 e. The molecule has 2 aliphatic carbocycles. The lowest BCUT2D eigenvalue weighted by atomic mass is 9.56. The van der Waals surface area contributed by atoms with Crippen molar-refractivity contribution in [2.45, 2.75) is 88.4 Å². The lowest BCUT2D eigenvalue weighted by Crippen LogP contribution is -2.70. The molecule has 3 N–H and O–H groups in total. The number of aromatic amines is 2. The summed E-state index contributed by atoms with van der Waals surface area (Å²) in [4.78, 5) is 40.9. The molecule has 4 aromatic rings. The lowest BCUT2D eigenvalue weighted by molar-refractivity contribution is -0.196. The summed E-state index contributed by atoms with van der Waals surface area (Å²) in [5.41, 5.74) is 6.70. The summed E-state index contributed by atoms with van der Waals surface area (Å²) in [6, 6.07) is 12.6. The Morgan fingerprint density at radius 2 is 1.75 bits per heavy atom. The fourth-order valence-corrected chi connectivity index (χ4v) is 12.5. The van der Waals surface area contributed by atoms with Gasteiger partial charge in [-0.15, -0.1) is 0 Å². The number of carbonyl (C=O) groups excluding carboxylic acids is 2. The third-order valence-corrected chi connectivity index (χ3v) is 14.7. The molecule has 10 heteroatoms. The molecule has 4 fully saturated rings. The van der Waals surface area contributed by atoms with Crippen molar-refractivity contribution >= 4 is 33.7 Å². The van der Waals surface area contributed by atoms with E-state index in [0.717, 1.165) is 77.6 Å². The van der Waals surface area contributed by atoms with E-state index >= 15 is 0 Å². The minimum Gasteiger partial charge on any atom is -0.496 e. The summed E-state index contributed by atoms with van der Waals surface area (Å²) in [5.74, 6) is 0.665. The molecule has 0 spiro atoms. The topological polar surface area (TPSA) is 120 Å². The number of likely N-dealkylation sites (tertiary alicyclic amines) is 1. The highest BCUT2D eigenvalue weighted by Gasteiger charge is 2.65. The van der Waals surface area contributed by atoms with Gasteiger partial charge in [-0.05, 0) is 86.2 Å². The van der Waals surface area contributed by atoms with Gasteiger partial charge in [0.05, 0.1) is 32.8 Å². The van der Waals surface area contributed by atoms with Gasteiger partial charge in [-0.3, -0.25) is 14.5 Å². The van der Waals surface area contributed by atoms with Crippen LogP contribution in [0.4, 0.5) is 0 Å². The third-order valence-electron chi connectivity index (χ3n) is 14.7. The number of benzene rings is 2. The van der Waals surface area contributed by atoms with E-state index in [-0.39, 0.29) is 53.6 Å².